The Morgan fingerprint density at radius 1 is 1.07 bits per heavy atom. The van der Waals surface area contributed by atoms with Crippen molar-refractivity contribution in [2.75, 3.05) is 60.0 Å². The van der Waals surface area contributed by atoms with E-state index < -0.39 is 10.0 Å². The molecule has 3 aromatic rings. The number of ether oxygens (including phenoxy) is 1. The summed E-state index contributed by atoms with van der Waals surface area (Å²) in [5, 5.41) is 8.74. The second-order valence-electron chi connectivity index (χ2n) is 11.5. The van der Waals surface area contributed by atoms with Crippen molar-refractivity contribution in [3.05, 3.63) is 76.8 Å². The standard InChI is InChI=1S/C18H18ClN3S.C15H23N3O4S/c1-21-8-10-22(11-9-21)18-14-12-13(19)6-7-16(14)23-17-5-3-2-4-15(17)20-18;1-3-18-8-4-5-11(18)10-17-15(19)13-9-12(23(16,20)21)6-7-14(13)22-2/h2-7,12H,8-11H2,1H3;6-7,9,11H,3-5,8,10H2,1-2H3,(H,17,19)(H2,16,20,21). The van der Waals surface area contributed by atoms with Gasteiger partial charge in [-0.25, -0.2) is 18.5 Å². The first-order valence-corrected chi connectivity index (χ1v) is 18.1. The molecule has 0 aromatic heterocycles. The Morgan fingerprint density at radius 3 is 2.54 bits per heavy atom. The van der Waals surface area contributed by atoms with Crippen molar-refractivity contribution >= 4 is 50.8 Å². The number of likely N-dealkylation sites (tertiary alicyclic amines) is 1. The molecule has 3 N–H and O–H groups in total. The third kappa shape index (κ3) is 8.23. The average Bonchev–Trinajstić information content (AvgIpc) is 3.45. The van der Waals surface area contributed by atoms with Gasteiger partial charge in [0.25, 0.3) is 5.91 Å². The van der Waals surface area contributed by atoms with Crippen LogP contribution in [0.3, 0.4) is 0 Å². The number of hydrogen-bond acceptors (Lipinski definition) is 9. The second-order valence-corrected chi connectivity index (χ2v) is 14.6. The van der Waals surface area contributed by atoms with Crippen molar-refractivity contribution in [1.29, 1.82) is 0 Å². The zero-order valence-corrected chi connectivity index (χ0v) is 28.8. The van der Waals surface area contributed by atoms with Gasteiger partial charge in [-0.15, -0.1) is 0 Å². The maximum Gasteiger partial charge on any atom is 0.255 e. The lowest BCUT2D eigenvalue weighted by atomic mass is 10.1. The topological polar surface area (TPSA) is 121 Å². The number of aliphatic imine (C=N–C) groups is 1. The fourth-order valence-electron chi connectivity index (χ4n) is 5.84. The van der Waals surface area contributed by atoms with E-state index in [2.05, 4.69) is 58.3 Å². The molecule has 2 saturated heterocycles. The van der Waals surface area contributed by atoms with Gasteiger partial charge in [0.05, 0.1) is 23.3 Å². The fourth-order valence-corrected chi connectivity index (χ4v) is 7.55. The number of benzene rings is 3. The van der Waals surface area contributed by atoms with Crippen LogP contribution in [-0.4, -0.2) is 101 Å². The van der Waals surface area contributed by atoms with Crippen LogP contribution in [0.25, 0.3) is 0 Å². The normalized spacial score (nSPS) is 18.4. The molecule has 0 aliphatic carbocycles. The van der Waals surface area contributed by atoms with E-state index in [0.29, 0.717) is 18.3 Å². The smallest absolute Gasteiger partial charge is 0.255 e. The molecule has 0 bridgehead atoms. The summed E-state index contributed by atoms with van der Waals surface area (Å²) >= 11 is 8.05. The number of primary sulfonamides is 1. The number of nitrogens with two attached hydrogens (primary N) is 1. The van der Waals surface area contributed by atoms with E-state index in [0.717, 1.165) is 74.2 Å². The summed E-state index contributed by atoms with van der Waals surface area (Å²) < 4.78 is 28.1. The van der Waals surface area contributed by atoms with Crippen LogP contribution in [-0.2, 0) is 10.0 Å². The van der Waals surface area contributed by atoms with E-state index >= 15 is 0 Å². The van der Waals surface area contributed by atoms with E-state index in [-0.39, 0.29) is 16.4 Å². The van der Waals surface area contributed by atoms with Crippen molar-refractivity contribution in [2.45, 2.75) is 40.5 Å². The Kier molecular flexibility index (Phi) is 11.3. The van der Waals surface area contributed by atoms with Gasteiger partial charge in [0, 0.05) is 59.1 Å². The summed E-state index contributed by atoms with van der Waals surface area (Å²) in [6.07, 6.45) is 2.17. The summed E-state index contributed by atoms with van der Waals surface area (Å²) in [6, 6.07) is 18.8. The van der Waals surface area contributed by atoms with Crippen LogP contribution in [0, 0.1) is 0 Å². The molecule has 3 aliphatic heterocycles. The molecule has 6 rings (SSSR count). The number of amides is 1. The highest BCUT2D eigenvalue weighted by atomic mass is 35.5. The number of nitrogens with one attached hydrogen (secondary N) is 1. The predicted octanol–water partition coefficient (Wildman–Crippen LogP) is 4.69. The molecule has 0 spiro atoms. The third-order valence-corrected chi connectivity index (χ3v) is 10.7. The molecule has 3 aromatic carbocycles. The summed E-state index contributed by atoms with van der Waals surface area (Å²) in [6.45, 7) is 8.72. The number of halogens is 1. The van der Waals surface area contributed by atoms with Gasteiger partial charge in [-0.05, 0) is 81.5 Å². The van der Waals surface area contributed by atoms with E-state index in [1.807, 2.05) is 18.2 Å². The lowest BCUT2D eigenvalue weighted by Gasteiger charge is -2.34. The zero-order chi connectivity index (χ0) is 32.8. The zero-order valence-electron chi connectivity index (χ0n) is 26.4. The van der Waals surface area contributed by atoms with Crippen molar-refractivity contribution in [3.63, 3.8) is 0 Å². The van der Waals surface area contributed by atoms with Crippen LogP contribution < -0.4 is 15.2 Å². The van der Waals surface area contributed by atoms with Gasteiger partial charge in [-0.1, -0.05) is 42.4 Å². The number of methoxy groups -OCH3 is 1. The summed E-state index contributed by atoms with van der Waals surface area (Å²) in [5.41, 5.74) is 2.35. The Morgan fingerprint density at radius 2 is 1.83 bits per heavy atom. The number of carbonyl (C=O) groups excluding carboxylic acids is 1. The molecule has 246 valence electrons. The number of para-hydroxylation sites is 1. The number of hydrogen-bond donors (Lipinski definition) is 2. The third-order valence-electron chi connectivity index (χ3n) is 8.44. The fraction of sp³-hybridized carbons (Fsp3) is 0.394. The number of carbonyl (C=O) groups is 1. The van der Waals surface area contributed by atoms with Gasteiger partial charge >= 0.3 is 0 Å². The first kappa shape index (κ1) is 34.2. The molecule has 3 heterocycles. The Balaban J connectivity index is 0.000000181. The molecule has 1 atom stereocenters. The van der Waals surface area contributed by atoms with Crippen molar-refractivity contribution < 1.29 is 17.9 Å². The number of nitrogens with zero attached hydrogens (tertiary/aromatic N) is 4. The van der Waals surface area contributed by atoms with Gasteiger partial charge in [-0.2, -0.15) is 0 Å². The Hall–Kier alpha value is -3.13. The maximum absolute atomic E-state index is 12.4. The molecule has 3 aliphatic rings. The van der Waals surface area contributed by atoms with Crippen molar-refractivity contribution in [3.8, 4) is 5.75 Å². The molecular weight excluding hydrogens is 644 g/mol. The van der Waals surface area contributed by atoms with E-state index in [1.54, 1.807) is 11.8 Å². The van der Waals surface area contributed by atoms with Crippen molar-refractivity contribution in [2.24, 2.45) is 10.1 Å². The number of fused-ring (bicyclic) bond motifs is 2. The SMILES string of the molecule is CCN1CCCC1CNC(=O)c1cc(S(N)(=O)=O)ccc1OC.CN1CCN(C2=Nc3ccccc3Sc3ccc(Cl)cc32)CC1. The Bertz CT molecular complexity index is 1700. The van der Waals surface area contributed by atoms with E-state index in [1.165, 1.54) is 35.1 Å². The van der Waals surface area contributed by atoms with Gasteiger partial charge in [0.2, 0.25) is 10.0 Å². The quantitative estimate of drug-likeness (QED) is 0.384. The summed E-state index contributed by atoms with van der Waals surface area (Å²) in [4.78, 5) is 26.8. The summed E-state index contributed by atoms with van der Waals surface area (Å²) in [7, 11) is -0.273. The van der Waals surface area contributed by atoms with Crippen LogP contribution in [0.2, 0.25) is 5.02 Å². The number of rotatable bonds is 6. The lowest BCUT2D eigenvalue weighted by molar-refractivity contribution is 0.0938. The van der Waals surface area contributed by atoms with Crippen LogP contribution in [0.5, 0.6) is 5.75 Å². The van der Waals surface area contributed by atoms with Crippen LogP contribution in [0.4, 0.5) is 5.69 Å². The highest BCUT2D eigenvalue weighted by molar-refractivity contribution is 7.99. The van der Waals surface area contributed by atoms with Gasteiger partial charge in [0.15, 0.2) is 0 Å². The van der Waals surface area contributed by atoms with Gasteiger partial charge in [-0.3, -0.25) is 9.69 Å². The second kappa shape index (κ2) is 15.2. The number of likely N-dealkylation sites (N-methyl/N-ethyl adjacent to an activating group) is 2. The lowest BCUT2D eigenvalue weighted by Crippen LogP contribution is -2.47. The molecule has 1 amide bonds. The van der Waals surface area contributed by atoms with E-state index in [9.17, 15) is 13.2 Å². The van der Waals surface area contributed by atoms with E-state index in [4.69, 9.17) is 26.5 Å². The van der Waals surface area contributed by atoms with Crippen LogP contribution in [0.15, 0.2) is 80.3 Å². The van der Waals surface area contributed by atoms with Gasteiger partial charge in [0.1, 0.15) is 11.6 Å². The van der Waals surface area contributed by atoms with Crippen molar-refractivity contribution in [1.82, 2.24) is 20.0 Å². The molecule has 1 unspecified atom stereocenters. The van der Waals surface area contributed by atoms with Crippen LogP contribution in [0.1, 0.15) is 35.7 Å². The highest BCUT2D eigenvalue weighted by Crippen LogP contribution is 2.41. The minimum absolute atomic E-state index is 0.112. The monoisotopic (exact) mass is 684 g/mol. The van der Waals surface area contributed by atoms with Gasteiger partial charge < -0.3 is 19.9 Å². The first-order valence-electron chi connectivity index (χ1n) is 15.4. The molecule has 10 nitrogen and oxygen atoms in total. The first-order chi connectivity index (χ1) is 22.1. The molecular formula is C33H41ClN6O4S2. The highest BCUT2D eigenvalue weighted by Gasteiger charge is 2.26. The van der Waals surface area contributed by atoms with Crippen LogP contribution >= 0.6 is 23.4 Å². The average molecular weight is 685 g/mol. The summed E-state index contributed by atoms with van der Waals surface area (Å²) in [5.74, 6) is 0.997. The maximum atomic E-state index is 12.4. The number of amidine groups is 1. The molecule has 0 radical (unpaired) electrons. The molecule has 46 heavy (non-hydrogen) atoms. The molecule has 0 saturated carbocycles. The number of sulfonamides is 1. The Labute approximate surface area is 281 Å². The molecule has 13 heteroatoms. The largest absolute Gasteiger partial charge is 0.496 e. The molecule has 2 fully saturated rings. The minimum atomic E-state index is -3.87. The minimum Gasteiger partial charge on any atom is -0.496 e. The predicted molar refractivity (Wildman–Crippen MR) is 184 cm³/mol. The number of piperazine rings is 1.